The van der Waals surface area contributed by atoms with Crippen molar-refractivity contribution >= 4 is 35.1 Å². The molecule has 1 N–H and O–H groups in total. The molecule has 1 aromatic heterocycles. The molecule has 1 fully saturated rings. The van der Waals surface area contributed by atoms with E-state index in [1.165, 1.54) is 17.8 Å². The van der Waals surface area contributed by atoms with Crippen LogP contribution in [0, 0.1) is 11.7 Å². The molecule has 22 heavy (non-hydrogen) atoms. The topological polar surface area (TPSA) is 54.9 Å². The first-order valence-corrected chi connectivity index (χ1v) is 8.20. The zero-order chi connectivity index (χ0) is 15.5. The third-order valence-electron chi connectivity index (χ3n) is 3.27. The molecule has 2 aromatic rings. The number of benzene rings is 1. The van der Waals surface area contributed by atoms with Gasteiger partial charge in [-0.25, -0.2) is 4.39 Å². The summed E-state index contributed by atoms with van der Waals surface area (Å²) in [6.07, 6.45) is 1.88. The second-order valence-corrected chi connectivity index (χ2v) is 6.41. The number of rotatable bonds is 5. The Morgan fingerprint density at radius 1 is 1.32 bits per heavy atom. The lowest BCUT2D eigenvalue weighted by molar-refractivity contribution is -0.117. The third kappa shape index (κ3) is 3.75. The molecule has 7 heteroatoms. The van der Waals surface area contributed by atoms with Crippen molar-refractivity contribution in [1.82, 2.24) is 10.2 Å². The number of hydrogen-bond acceptors (Lipinski definition) is 4. The second-order valence-electron chi connectivity index (χ2n) is 5.01. The lowest BCUT2D eigenvalue weighted by Crippen LogP contribution is -2.14. The summed E-state index contributed by atoms with van der Waals surface area (Å²) in [5, 5.41) is 11.7. The van der Waals surface area contributed by atoms with Crippen LogP contribution < -0.4 is 5.32 Å². The number of nitrogens with one attached hydrogen (secondary N) is 1. The molecule has 0 spiro atoms. The SMILES string of the molecule is O=C(Nc1ccc(SCc2c(F)cccc2Cl)nn1)C1CC1. The van der Waals surface area contributed by atoms with Crippen molar-refractivity contribution < 1.29 is 9.18 Å². The van der Waals surface area contributed by atoms with Gasteiger partial charge in [-0.3, -0.25) is 4.79 Å². The fourth-order valence-electron chi connectivity index (χ4n) is 1.85. The molecule has 0 radical (unpaired) electrons. The van der Waals surface area contributed by atoms with Crippen LogP contribution in [-0.2, 0) is 10.5 Å². The number of nitrogens with zero attached hydrogens (tertiary/aromatic N) is 2. The molecule has 1 aliphatic carbocycles. The smallest absolute Gasteiger partial charge is 0.228 e. The highest BCUT2D eigenvalue weighted by Gasteiger charge is 2.29. The molecular formula is C15H13ClFN3OS. The molecule has 1 saturated carbocycles. The van der Waals surface area contributed by atoms with E-state index in [4.69, 9.17) is 11.6 Å². The van der Waals surface area contributed by atoms with Crippen molar-refractivity contribution in [2.24, 2.45) is 5.92 Å². The molecule has 0 saturated heterocycles. The third-order valence-corrected chi connectivity index (χ3v) is 4.57. The first kappa shape index (κ1) is 15.2. The highest BCUT2D eigenvalue weighted by atomic mass is 35.5. The van der Waals surface area contributed by atoms with Crippen LogP contribution in [-0.4, -0.2) is 16.1 Å². The van der Waals surface area contributed by atoms with Gasteiger partial charge >= 0.3 is 0 Å². The lowest BCUT2D eigenvalue weighted by atomic mass is 10.2. The summed E-state index contributed by atoms with van der Waals surface area (Å²) in [7, 11) is 0. The Labute approximate surface area is 136 Å². The maximum atomic E-state index is 13.7. The van der Waals surface area contributed by atoms with Crippen LogP contribution in [0.3, 0.4) is 0 Å². The maximum absolute atomic E-state index is 13.7. The molecule has 4 nitrogen and oxygen atoms in total. The van der Waals surface area contributed by atoms with Crippen molar-refractivity contribution in [3.8, 4) is 0 Å². The van der Waals surface area contributed by atoms with E-state index in [0.717, 1.165) is 12.8 Å². The predicted octanol–water partition coefficient (Wildman–Crippen LogP) is 3.91. The molecule has 114 valence electrons. The Bertz CT molecular complexity index is 671. The summed E-state index contributed by atoms with van der Waals surface area (Å²) in [4.78, 5) is 11.6. The average molecular weight is 338 g/mol. The molecule has 1 aliphatic rings. The number of carbonyl (C=O) groups excluding carboxylic acids is 1. The van der Waals surface area contributed by atoms with Crippen LogP contribution >= 0.6 is 23.4 Å². The minimum Gasteiger partial charge on any atom is -0.309 e. The quantitative estimate of drug-likeness (QED) is 0.840. The summed E-state index contributed by atoms with van der Waals surface area (Å²) in [5.74, 6) is 0.590. The molecule has 3 rings (SSSR count). The van der Waals surface area contributed by atoms with Gasteiger partial charge in [-0.15, -0.1) is 10.2 Å². The number of halogens is 2. The van der Waals surface area contributed by atoms with E-state index < -0.39 is 0 Å². The Hall–Kier alpha value is -1.66. The number of aromatic nitrogens is 2. The largest absolute Gasteiger partial charge is 0.309 e. The van der Waals surface area contributed by atoms with Gasteiger partial charge < -0.3 is 5.32 Å². The van der Waals surface area contributed by atoms with Gasteiger partial charge in [0, 0.05) is 22.3 Å². The summed E-state index contributed by atoms with van der Waals surface area (Å²) in [5.41, 5.74) is 0.446. The van der Waals surface area contributed by atoms with Crippen molar-refractivity contribution in [2.75, 3.05) is 5.32 Å². The van der Waals surface area contributed by atoms with Crippen LogP contribution in [0.4, 0.5) is 10.2 Å². The van der Waals surface area contributed by atoms with Crippen molar-refractivity contribution in [2.45, 2.75) is 23.6 Å². The first-order chi connectivity index (χ1) is 10.6. The predicted molar refractivity (Wildman–Crippen MR) is 84.4 cm³/mol. The van der Waals surface area contributed by atoms with Gasteiger partial charge in [0.05, 0.1) is 0 Å². The van der Waals surface area contributed by atoms with E-state index in [2.05, 4.69) is 15.5 Å². The summed E-state index contributed by atoms with van der Waals surface area (Å²) in [6, 6.07) is 8.04. The van der Waals surface area contributed by atoms with Gasteiger partial charge in [0.15, 0.2) is 5.82 Å². The highest BCUT2D eigenvalue weighted by molar-refractivity contribution is 7.98. The van der Waals surface area contributed by atoms with Crippen molar-refractivity contribution in [3.63, 3.8) is 0 Å². The van der Waals surface area contributed by atoms with E-state index in [9.17, 15) is 9.18 Å². The molecule has 0 aliphatic heterocycles. The molecule has 0 unspecified atom stereocenters. The van der Waals surface area contributed by atoms with Gasteiger partial charge in [0.1, 0.15) is 10.8 Å². The van der Waals surface area contributed by atoms with E-state index in [1.54, 1.807) is 24.3 Å². The number of thioether (sulfide) groups is 1. The minimum atomic E-state index is -0.332. The van der Waals surface area contributed by atoms with Gasteiger partial charge in [0.25, 0.3) is 0 Å². The van der Waals surface area contributed by atoms with Crippen molar-refractivity contribution in [1.29, 1.82) is 0 Å². The van der Waals surface area contributed by atoms with Crippen molar-refractivity contribution in [3.05, 3.63) is 46.7 Å². The standard InChI is InChI=1S/C15H13ClFN3OS/c16-11-2-1-3-12(17)10(11)8-22-14-7-6-13(19-20-14)18-15(21)9-4-5-9/h1-3,6-7,9H,4-5,8H2,(H,18,19,21). The van der Waals surface area contributed by atoms with Gasteiger partial charge in [-0.1, -0.05) is 29.4 Å². The van der Waals surface area contributed by atoms with E-state index in [1.807, 2.05) is 0 Å². The summed E-state index contributed by atoms with van der Waals surface area (Å²) in [6.45, 7) is 0. The molecule has 1 aromatic carbocycles. The zero-order valence-corrected chi connectivity index (χ0v) is 13.1. The Kier molecular flexibility index (Phi) is 4.59. The number of anilines is 1. The minimum absolute atomic E-state index is 0.00663. The highest BCUT2D eigenvalue weighted by Crippen LogP contribution is 2.30. The Morgan fingerprint density at radius 2 is 2.14 bits per heavy atom. The van der Waals surface area contributed by atoms with Crippen LogP contribution in [0.15, 0.2) is 35.4 Å². The van der Waals surface area contributed by atoms with Crippen LogP contribution in [0.5, 0.6) is 0 Å². The molecule has 0 bridgehead atoms. The number of hydrogen-bond donors (Lipinski definition) is 1. The monoisotopic (exact) mass is 337 g/mol. The van der Waals surface area contributed by atoms with Gasteiger partial charge in [-0.2, -0.15) is 0 Å². The lowest BCUT2D eigenvalue weighted by Gasteiger charge is -2.06. The van der Waals surface area contributed by atoms with Crippen LogP contribution in [0.25, 0.3) is 0 Å². The zero-order valence-electron chi connectivity index (χ0n) is 11.6. The van der Waals surface area contributed by atoms with Crippen LogP contribution in [0.1, 0.15) is 18.4 Å². The molecule has 1 amide bonds. The first-order valence-electron chi connectivity index (χ1n) is 6.84. The average Bonchev–Trinajstić information content (AvgIpc) is 3.33. The maximum Gasteiger partial charge on any atom is 0.228 e. The number of amides is 1. The van der Waals surface area contributed by atoms with E-state index in [-0.39, 0.29) is 17.6 Å². The fourth-order valence-corrected chi connectivity index (χ4v) is 3.01. The van der Waals surface area contributed by atoms with Crippen LogP contribution in [0.2, 0.25) is 5.02 Å². The summed E-state index contributed by atoms with van der Waals surface area (Å²) >= 11 is 7.31. The van der Waals surface area contributed by atoms with Gasteiger partial charge in [0.2, 0.25) is 5.91 Å². The Balaban J connectivity index is 1.60. The number of carbonyl (C=O) groups is 1. The fraction of sp³-hybridized carbons (Fsp3) is 0.267. The Morgan fingerprint density at radius 3 is 2.77 bits per heavy atom. The molecule has 0 atom stereocenters. The van der Waals surface area contributed by atoms with Gasteiger partial charge in [-0.05, 0) is 37.1 Å². The second kappa shape index (κ2) is 6.62. The van der Waals surface area contributed by atoms with E-state index in [0.29, 0.717) is 27.2 Å². The van der Waals surface area contributed by atoms with E-state index >= 15 is 0 Å². The molecular weight excluding hydrogens is 325 g/mol. The summed E-state index contributed by atoms with van der Waals surface area (Å²) < 4.78 is 13.7. The molecule has 1 heterocycles. The normalized spacial score (nSPS) is 13.9.